The number of benzene rings is 2. The fourth-order valence-corrected chi connectivity index (χ4v) is 2.98. The number of rotatable bonds is 6. The Balaban J connectivity index is 1.84. The lowest BCUT2D eigenvalue weighted by atomic mass is 10.1. The van der Waals surface area contributed by atoms with Crippen LogP contribution in [0, 0.1) is 0 Å². The van der Waals surface area contributed by atoms with Gasteiger partial charge in [0.25, 0.3) is 5.91 Å². The number of hydrogen-bond donors (Lipinski definition) is 1. The molecule has 1 aliphatic heterocycles. The van der Waals surface area contributed by atoms with Crippen molar-refractivity contribution < 1.29 is 23.7 Å². The number of amides is 1. The summed E-state index contributed by atoms with van der Waals surface area (Å²) in [5.74, 6) is 1.41. The maximum atomic E-state index is 12.7. The van der Waals surface area contributed by atoms with E-state index in [0.29, 0.717) is 41.7 Å². The number of ether oxygens (including phenoxy) is 4. The molecule has 3 rings (SSSR count). The highest BCUT2D eigenvalue weighted by Gasteiger charge is 2.16. The molecule has 1 aliphatic rings. The van der Waals surface area contributed by atoms with Crippen LogP contribution >= 0.6 is 0 Å². The Labute approximate surface area is 158 Å². The third kappa shape index (κ3) is 4.25. The van der Waals surface area contributed by atoms with Crippen LogP contribution in [0.25, 0.3) is 0 Å². The van der Waals surface area contributed by atoms with Gasteiger partial charge in [0, 0.05) is 24.3 Å². The summed E-state index contributed by atoms with van der Waals surface area (Å²) in [5, 5.41) is 2.93. The molecule has 27 heavy (non-hydrogen) atoms. The number of anilines is 2. The van der Waals surface area contributed by atoms with E-state index in [1.807, 2.05) is 18.2 Å². The Morgan fingerprint density at radius 2 is 1.59 bits per heavy atom. The zero-order valence-corrected chi connectivity index (χ0v) is 15.8. The molecular weight excluding hydrogens is 348 g/mol. The van der Waals surface area contributed by atoms with Gasteiger partial charge in [-0.25, -0.2) is 0 Å². The van der Waals surface area contributed by atoms with E-state index < -0.39 is 0 Å². The van der Waals surface area contributed by atoms with Crippen molar-refractivity contribution in [2.24, 2.45) is 0 Å². The first-order chi connectivity index (χ1) is 13.2. The Bertz CT molecular complexity index is 803. The van der Waals surface area contributed by atoms with Gasteiger partial charge < -0.3 is 29.2 Å². The summed E-state index contributed by atoms with van der Waals surface area (Å²) in [7, 11) is 4.67. The molecule has 0 radical (unpaired) electrons. The summed E-state index contributed by atoms with van der Waals surface area (Å²) in [6.45, 7) is 3.02. The lowest BCUT2D eigenvalue weighted by Crippen LogP contribution is -2.36. The smallest absolute Gasteiger partial charge is 0.255 e. The zero-order chi connectivity index (χ0) is 19.2. The third-order valence-corrected chi connectivity index (χ3v) is 4.45. The molecule has 0 spiro atoms. The molecule has 0 aromatic heterocycles. The molecule has 1 N–H and O–H groups in total. The van der Waals surface area contributed by atoms with Crippen molar-refractivity contribution in [3.05, 3.63) is 42.0 Å². The molecule has 7 nitrogen and oxygen atoms in total. The maximum absolute atomic E-state index is 12.7. The van der Waals surface area contributed by atoms with Crippen molar-refractivity contribution in [2.75, 3.05) is 57.8 Å². The molecule has 0 unspecified atom stereocenters. The van der Waals surface area contributed by atoms with Crippen LogP contribution in [-0.4, -0.2) is 53.5 Å². The molecule has 0 bridgehead atoms. The molecule has 1 heterocycles. The molecular formula is C20H24N2O5. The van der Waals surface area contributed by atoms with Crippen molar-refractivity contribution >= 4 is 17.3 Å². The second kappa shape index (κ2) is 8.64. The van der Waals surface area contributed by atoms with Crippen molar-refractivity contribution in [1.82, 2.24) is 0 Å². The Kier molecular flexibility index (Phi) is 6.03. The minimum atomic E-state index is -0.256. The summed E-state index contributed by atoms with van der Waals surface area (Å²) >= 11 is 0. The summed E-state index contributed by atoms with van der Waals surface area (Å²) in [6.07, 6.45) is 0. The largest absolute Gasteiger partial charge is 0.495 e. The van der Waals surface area contributed by atoms with Gasteiger partial charge >= 0.3 is 0 Å². The first kappa shape index (κ1) is 18.8. The van der Waals surface area contributed by atoms with E-state index in [1.165, 1.54) is 7.11 Å². The molecule has 1 saturated heterocycles. The van der Waals surface area contributed by atoms with E-state index in [9.17, 15) is 4.79 Å². The summed E-state index contributed by atoms with van der Waals surface area (Å²) < 4.78 is 21.3. The fraction of sp³-hybridized carbons (Fsp3) is 0.350. The highest BCUT2D eigenvalue weighted by Crippen LogP contribution is 2.32. The van der Waals surface area contributed by atoms with Gasteiger partial charge in [0.1, 0.15) is 5.75 Å². The van der Waals surface area contributed by atoms with Crippen LogP contribution in [0.5, 0.6) is 17.2 Å². The van der Waals surface area contributed by atoms with Gasteiger partial charge in [-0.2, -0.15) is 0 Å². The van der Waals surface area contributed by atoms with Crippen molar-refractivity contribution in [3.63, 3.8) is 0 Å². The average Bonchev–Trinajstić information content (AvgIpc) is 2.73. The number of nitrogens with zero attached hydrogens (tertiary/aromatic N) is 1. The lowest BCUT2D eigenvalue weighted by Gasteiger charge is -2.29. The molecule has 144 valence electrons. The minimum absolute atomic E-state index is 0.256. The van der Waals surface area contributed by atoms with E-state index in [0.717, 1.165) is 18.8 Å². The molecule has 1 amide bonds. The second-order valence-electron chi connectivity index (χ2n) is 6.01. The van der Waals surface area contributed by atoms with Crippen LogP contribution in [0.1, 0.15) is 10.4 Å². The van der Waals surface area contributed by atoms with E-state index >= 15 is 0 Å². The van der Waals surface area contributed by atoms with Gasteiger partial charge in [0.05, 0.1) is 40.2 Å². The van der Waals surface area contributed by atoms with Gasteiger partial charge in [0.2, 0.25) is 0 Å². The van der Waals surface area contributed by atoms with Gasteiger partial charge in [-0.15, -0.1) is 0 Å². The van der Waals surface area contributed by atoms with E-state index in [-0.39, 0.29) is 5.91 Å². The van der Waals surface area contributed by atoms with E-state index in [1.54, 1.807) is 32.4 Å². The Morgan fingerprint density at radius 3 is 2.26 bits per heavy atom. The molecule has 7 heteroatoms. The average molecular weight is 372 g/mol. The number of carbonyl (C=O) groups is 1. The van der Waals surface area contributed by atoms with Crippen molar-refractivity contribution in [3.8, 4) is 17.2 Å². The highest BCUT2D eigenvalue weighted by molar-refractivity contribution is 6.05. The Morgan fingerprint density at radius 1 is 0.926 bits per heavy atom. The third-order valence-electron chi connectivity index (χ3n) is 4.45. The normalized spacial score (nSPS) is 13.8. The standard InChI is InChI=1S/C20H24N2O5/c1-24-17-7-5-15(22-8-10-27-11-9-22)13-16(17)21-20(23)14-4-6-18(25-2)19(12-14)26-3/h4-7,12-13H,8-11H2,1-3H3,(H,21,23). The predicted octanol–water partition coefficient (Wildman–Crippen LogP) is 2.80. The van der Waals surface area contributed by atoms with Crippen LogP contribution in [-0.2, 0) is 4.74 Å². The number of methoxy groups -OCH3 is 3. The van der Waals surface area contributed by atoms with Crippen LogP contribution in [0.15, 0.2) is 36.4 Å². The summed E-state index contributed by atoms with van der Waals surface area (Å²) in [6, 6.07) is 10.8. The monoisotopic (exact) mass is 372 g/mol. The van der Waals surface area contributed by atoms with Crippen LogP contribution in [0.3, 0.4) is 0 Å². The van der Waals surface area contributed by atoms with E-state index in [4.69, 9.17) is 18.9 Å². The molecule has 2 aromatic rings. The number of morpholine rings is 1. The SMILES string of the molecule is COc1ccc(N2CCOCC2)cc1NC(=O)c1ccc(OC)c(OC)c1. The molecule has 1 fully saturated rings. The first-order valence-corrected chi connectivity index (χ1v) is 8.70. The van der Waals surface area contributed by atoms with Crippen LogP contribution in [0.2, 0.25) is 0 Å². The minimum Gasteiger partial charge on any atom is -0.495 e. The highest BCUT2D eigenvalue weighted by atomic mass is 16.5. The quantitative estimate of drug-likeness (QED) is 0.841. The topological polar surface area (TPSA) is 69.3 Å². The fourth-order valence-electron chi connectivity index (χ4n) is 2.98. The van der Waals surface area contributed by atoms with Crippen LogP contribution in [0.4, 0.5) is 11.4 Å². The van der Waals surface area contributed by atoms with E-state index in [2.05, 4.69) is 10.2 Å². The van der Waals surface area contributed by atoms with Gasteiger partial charge in [0.15, 0.2) is 11.5 Å². The molecule has 0 atom stereocenters. The molecule has 0 aliphatic carbocycles. The maximum Gasteiger partial charge on any atom is 0.255 e. The molecule has 0 saturated carbocycles. The van der Waals surface area contributed by atoms with Gasteiger partial charge in [-0.05, 0) is 36.4 Å². The molecule has 2 aromatic carbocycles. The lowest BCUT2D eigenvalue weighted by molar-refractivity contribution is 0.102. The van der Waals surface area contributed by atoms with Crippen molar-refractivity contribution in [2.45, 2.75) is 0 Å². The predicted molar refractivity (Wildman–Crippen MR) is 104 cm³/mol. The second-order valence-corrected chi connectivity index (χ2v) is 6.01. The van der Waals surface area contributed by atoms with Gasteiger partial charge in [-0.1, -0.05) is 0 Å². The number of carbonyl (C=O) groups excluding carboxylic acids is 1. The first-order valence-electron chi connectivity index (χ1n) is 8.70. The zero-order valence-electron chi connectivity index (χ0n) is 15.8. The van der Waals surface area contributed by atoms with Gasteiger partial charge in [-0.3, -0.25) is 4.79 Å². The summed E-state index contributed by atoms with van der Waals surface area (Å²) in [4.78, 5) is 15.0. The number of hydrogen-bond acceptors (Lipinski definition) is 6. The summed E-state index contributed by atoms with van der Waals surface area (Å²) in [5.41, 5.74) is 2.09. The van der Waals surface area contributed by atoms with Crippen molar-refractivity contribution in [1.29, 1.82) is 0 Å². The number of nitrogens with one attached hydrogen (secondary N) is 1. The van der Waals surface area contributed by atoms with Crippen LogP contribution < -0.4 is 24.4 Å². The Hall–Kier alpha value is -2.93.